The summed E-state index contributed by atoms with van der Waals surface area (Å²) in [5.41, 5.74) is 3.30. The van der Waals surface area contributed by atoms with Crippen LogP contribution in [0.4, 0.5) is 5.69 Å². The van der Waals surface area contributed by atoms with Gasteiger partial charge in [-0.05, 0) is 73.0 Å². The molecule has 34 heavy (non-hydrogen) atoms. The number of benzene rings is 2. The van der Waals surface area contributed by atoms with E-state index in [1.54, 1.807) is 18.2 Å². The predicted molar refractivity (Wildman–Crippen MR) is 144 cm³/mol. The molecule has 6 nitrogen and oxygen atoms in total. The van der Waals surface area contributed by atoms with Crippen molar-refractivity contribution in [2.45, 2.75) is 56.9 Å². The monoisotopic (exact) mass is 517 g/mol. The number of aryl methyl sites for hydroxylation is 1. The Bertz CT molecular complexity index is 1170. The zero-order chi connectivity index (χ0) is 24.5. The molecule has 4 rings (SSSR count). The van der Waals surface area contributed by atoms with Crippen LogP contribution in [0.1, 0.15) is 51.0 Å². The topological polar surface area (TPSA) is 63.1 Å². The number of anilines is 1. The lowest BCUT2D eigenvalue weighted by atomic mass is 9.87. The van der Waals surface area contributed by atoms with Crippen molar-refractivity contribution in [3.05, 3.63) is 58.9 Å². The second-order valence-electron chi connectivity index (χ2n) is 9.69. The van der Waals surface area contributed by atoms with E-state index in [4.69, 9.17) is 11.6 Å². The Morgan fingerprint density at radius 3 is 2.38 bits per heavy atom. The van der Waals surface area contributed by atoms with Gasteiger partial charge in [-0.2, -0.15) is 0 Å². The Kier molecular flexibility index (Phi) is 7.72. The molecule has 1 saturated heterocycles. The van der Waals surface area contributed by atoms with Crippen LogP contribution in [0, 0.1) is 6.92 Å². The molecule has 2 heterocycles. The average Bonchev–Trinajstić information content (AvgIpc) is 3.19. The zero-order valence-electron chi connectivity index (χ0n) is 20.3. The first-order valence-corrected chi connectivity index (χ1v) is 14.2. The summed E-state index contributed by atoms with van der Waals surface area (Å²) in [6, 6.07) is 14.7. The van der Waals surface area contributed by atoms with Gasteiger partial charge in [-0.15, -0.1) is 10.2 Å². The van der Waals surface area contributed by atoms with E-state index < -0.39 is 11.0 Å². The highest BCUT2D eigenvalue weighted by Gasteiger charge is 2.27. The molecule has 1 N–H and O–H groups in total. The molecular weight excluding hydrogens is 486 g/mol. The van der Waals surface area contributed by atoms with Gasteiger partial charge in [0.05, 0.1) is 16.7 Å². The maximum Gasteiger partial charge on any atom is 0.166 e. The highest BCUT2D eigenvalue weighted by Crippen LogP contribution is 2.36. The van der Waals surface area contributed by atoms with Crippen LogP contribution in [0.15, 0.2) is 47.4 Å². The summed E-state index contributed by atoms with van der Waals surface area (Å²) in [5.74, 6) is 1.68. The van der Waals surface area contributed by atoms with Crippen molar-refractivity contribution in [3.63, 3.8) is 0 Å². The molecule has 0 aliphatic carbocycles. The fraction of sp³-hybridized carbons (Fsp3) is 0.440. The number of rotatable bonds is 6. The highest BCUT2D eigenvalue weighted by atomic mass is 35.5. The molecule has 0 bridgehead atoms. The van der Waals surface area contributed by atoms with Gasteiger partial charge in [-0.1, -0.05) is 44.5 Å². The summed E-state index contributed by atoms with van der Waals surface area (Å²) in [6.07, 6.45) is 3.56. The number of nitrogens with zero attached hydrogens (tertiary/aromatic N) is 4. The molecule has 1 aliphatic rings. The van der Waals surface area contributed by atoms with Crippen molar-refractivity contribution < 1.29 is 4.21 Å². The fourth-order valence-corrected chi connectivity index (χ4v) is 5.85. The van der Waals surface area contributed by atoms with Crippen LogP contribution < -0.4 is 4.72 Å². The summed E-state index contributed by atoms with van der Waals surface area (Å²) >= 11 is 7.98. The highest BCUT2D eigenvalue weighted by molar-refractivity contribution is 8.00. The van der Waals surface area contributed by atoms with E-state index in [2.05, 4.69) is 64.5 Å². The largest absolute Gasteiger partial charge is 0.325 e. The Morgan fingerprint density at radius 1 is 1.09 bits per heavy atom. The van der Waals surface area contributed by atoms with E-state index in [-0.39, 0.29) is 11.5 Å². The van der Waals surface area contributed by atoms with E-state index in [1.165, 1.54) is 5.56 Å². The van der Waals surface area contributed by atoms with Gasteiger partial charge in [0.1, 0.15) is 5.82 Å². The molecule has 2 aromatic carbocycles. The lowest BCUT2D eigenvalue weighted by Gasteiger charge is -2.31. The van der Waals surface area contributed by atoms with Crippen LogP contribution in [-0.4, -0.2) is 42.6 Å². The van der Waals surface area contributed by atoms with Gasteiger partial charge in [0, 0.05) is 40.9 Å². The summed E-state index contributed by atoms with van der Waals surface area (Å²) < 4.78 is 19.6. The van der Waals surface area contributed by atoms with Crippen molar-refractivity contribution in [1.82, 2.24) is 19.1 Å². The molecule has 1 aliphatic heterocycles. The SMILES string of the molecule is Cc1nnc(-c2cc(Cl)ccc2NSc2ccc(C(C)(C)C)cc2)n1C1CCN(S(C)=O)CC1. The van der Waals surface area contributed by atoms with Crippen LogP contribution >= 0.6 is 23.5 Å². The van der Waals surface area contributed by atoms with E-state index in [0.717, 1.165) is 53.7 Å². The van der Waals surface area contributed by atoms with Crippen molar-refractivity contribution in [2.24, 2.45) is 0 Å². The molecule has 0 spiro atoms. The average molecular weight is 518 g/mol. The Balaban J connectivity index is 1.58. The maximum atomic E-state index is 11.9. The van der Waals surface area contributed by atoms with Crippen LogP contribution in [0.2, 0.25) is 5.02 Å². The van der Waals surface area contributed by atoms with Gasteiger partial charge < -0.3 is 9.29 Å². The summed E-state index contributed by atoms with van der Waals surface area (Å²) in [5, 5.41) is 9.60. The summed E-state index contributed by atoms with van der Waals surface area (Å²) in [7, 11) is -0.932. The molecule has 0 amide bonds. The van der Waals surface area contributed by atoms with E-state index in [1.807, 2.05) is 29.4 Å². The first-order chi connectivity index (χ1) is 16.1. The van der Waals surface area contributed by atoms with Crippen molar-refractivity contribution in [3.8, 4) is 11.4 Å². The molecular formula is C25H32ClN5OS2. The predicted octanol–water partition coefficient (Wildman–Crippen LogP) is 6.25. The maximum absolute atomic E-state index is 11.9. The first kappa shape index (κ1) is 25.2. The molecule has 1 unspecified atom stereocenters. The smallest absolute Gasteiger partial charge is 0.166 e. The second-order valence-corrected chi connectivity index (χ2v) is 12.4. The van der Waals surface area contributed by atoms with Crippen molar-refractivity contribution in [1.29, 1.82) is 0 Å². The van der Waals surface area contributed by atoms with Gasteiger partial charge in [0.2, 0.25) is 0 Å². The minimum atomic E-state index is -0.932. The molecule has 0 saturated carbocycles. The quantitative estimate of drug-likeness (QED) is 0.391. The second kappa shape index (κ2) is 10.4. The van der Waals surface area contributed by atoms with E-state index >= 15 is 0 Å². The molecule has 1 aromatic heterocycles. The van der Waals surface area contributed by atoms with Gasteiger partial charge in [0.15, 0.2) is 5.82 Å². The Morgan fingerprint density at radius 2 is 1.76 bits per heavy atom. The molecule has 182 valence electrons. The minimum Gasteiger partial charge on any atom is -0.325 e. The summed E-state index contributed by atoms with van der Waals surface area (Å²) in [6.45, 7) is 10.2. The molecule has 3 aromatic rings. The number of hydrogen-bond acceptors (Lipinski definition) is 5. The van der Waals surface area contributed by atoms with Crippen LogP contribution in [0.3, 0.4) is 0 Å². The third-order valence-corrected chi connectivity index (χ3v) is 8.40. The first-order valence-electron chi connectivity index (χ1n) is 11.5. The van der Waals surface area contributed by atoms with Crippen LogP contribution in [0.25, 0.3) is 11.4 Å². The fourth-order valence-electron chi connectivity index (χ4n) is 4.27. The van der Waals surface area contributed by atoms with E-state index in [0.29, 0.717) is 5.02 Å². The third-order valence-electron chi connectivity index (χ3n) is 6.24. The van der Waals surface area contributed by atoms with Gasteiger partial charge in [-0.3, -0.25) is 0 Å². The Hall–Kier alpha value is -1.87. The normalized spacial score (nSPS) is 16.5. The van der Waals surface area contributed by atoms with Gasteiger partial charge >= 0.3 is 0 Å². The van der Waals surface area contributed by atoms with Crippen LogP contribution in [-0.2, 0) is 16.4 Å². The number of aromatic nitrogens is 3. The number of piperidine rings is 1. The van der Waals surface area contributed by atoms with Crippen molar-refractivity contribution in [2.75, 3.05) is 24.1 Å². The standard InChI is InChI=1S/C25H32ClN5OS2/c1-17-27-28-24(31(17)20-12-14-30(15-13-20)34(5)32)22-16-19(26)8-11-23(22)29-33-21-9-6-18(7-10-21)25(2,3)4/h6-11,16,20,29H,12-15H2,1-5H3. The lowest BCUT2D eigenvalue weighted by molar-refractivity contribution is 0.282. The molecule has 0 radical (unpaired) electrons. The molecule has 9 heteroatoms. The number of halogens is 1. The van der Waals surface area contributed by atoms with E-state index in [9.17, 15) is 4.21 Å². The number of hydrogen-bond donors (Lipinski definition) is 1. The zero-order valence-corrected chi connectivity index (χ0v) is 22.7. The third kappa shape index (κ3) is 5.67. The lowest BCUT2D eigenvalue weighted by Crippen LogP contribution is -2.35. The van der Waals surface area contributed by atoms with Gasteiger partial charge in [0.25, 0.3) is 0 Å². The van der Waals surface area contributed by atoms with Gasteiger partial charge in [-0.25, -0.2) is 8.51 Å². The summed E-state index contributed by atoms with van der Waals surface area (Å²) in [4.78, 5) is 1.13. The van der Waals surface area contributed by atoms with Crippen LogP contribution in [0.5, 0.6) is 0 Å². The molecule has 1 fully saturated rings. The van der Waals surface area contributed by atoms with Crippen molar-refractivity contribution >= 4 is 40.2 Å². The molecule has 1 atom stereocenters. The number of nitrogens with one attached hydrogen (secondary N) is 1. The Labute approximate surface area is 214 Å². The minimum absolute atomic E-state index is 0.129.